The lowest BCUT2D eigenvalue weighted by Crippen LogP contribution is -2.45. The van der Waals surface area contributed by atoms with Gasteiger partial charge in [-0.3, -0.25) is 0 Å². The minimum Gasteiger partial charge on any atom is -0.325 e. The number of sulfonamides is 1. The van der Waals surface area contributed by atoms with E-state index in [0.717, 1.165) is 12.8 Å². The standard InChI is InChI=1S/C12H20N2O2S/c1-12(2,13)9-17(15,16)14-7-10-5-3-4-6-11(10)8-14/h3,5H,4,6-9,13H2,1-2H3. The lowest BCUT2D eigenvalue weighted by molar-refractivity contribution is 0.462. The molecule has 0 unspecified atom stereocenters. The predicted molar refractivity (Wildman–Crippen MR) is 69.0 cm³/mol. The molecule has 2 aliphatic rings. The molecule has 1 heterocycles. The van der Waals surface area contributed by atoms with Crippen LogP contribution in [-0.2, 0) is 10.0 Å². The van der Waals surface area contributed by atoms with E-state index in [1.54, 1.807) is 18.2 Å². The highest BCUT2D eigenvalue weighted by Crippen LogP contribution is 2.28. The summed E-state index contributed by atoms with van der Waals surface area (Å²) < 4.78 is 25.9. The van der Waals surface area contributed by atoms with Crippen molar-refractivity contribution < 1.29 is 8.42 Å². The SMILES string of the molecule is CC(C)(N)CS(=O)(=O)N1CC2=C(CCC=C2)C1. The van der Waals surface area contributed by atoms with Gasteiger partial charge in [0.05, 0.1) is 5.75 Å². The number of nitrogens with zero attached hydrogens (tertiary/aromatic N) is 1. The van der Waals surface area contributed by atoms with Crippen LogP contribution in [0.1, 0.15) is 26.7 Å². The molecular formula is C12H20N2O2S. The van der Waals surface area contributed by atoms with Crippen LogP contribution in [0.4, 0.5) is 0 Å². The summed E-state index contributed by atoms with van der Waals surface area (Å²) in [6.07, 6.45) is 6.18. The van der Waals surface area contributed by atoms with E-state index in [4.69, 9.17) is 5.73 Å². The molecule has 1 aliphatic heterocycles. The Morgan fingerprint density at radius 1 is 1.41 bits per heavy atom. The summed E-state index contributed by atoms with van der Waals surface area (Å²) in [6.45, 7) is 4.56. The fourth-order valence-electron chi connectivity index (χ4n) is 2.32. The largest absolute Gasteiger partial charge is 0.325 e. The molecule has 2 N–H and O–H groups in total. The van der Waals surface area contributed by atoms with Crippen molar-refractivity contribution in [2.75, 3.05) is 18.8 Å². The third-order valence-electron chi connectivity index (χ3n) is 3.05. The van der Waals surface area contributed by atoms with Crippen molar-refractivity contribution >= 4 is 10.0 Å². The van der Waals surface area contributed by atoms with Gasteiger partial charge < -0.3 is 5.73 Å². The van der Waals surface area contributed by atoms with Gasteiger partial charge in [-0.2, -0.15) is 4.31 Å². The van der Waals surface area contributed by atoms with Gasteiger partial charge in [0.2, 0.25) is 10.0 Å². The Morgan fingerprint density at radius 2 is 2.12 bits per heavy atom. The van der Waals surface area contributed by atoms with Gasteiger partial charge >= 0.3 is 0 Å². The average molecular weight is 256 g/mol. The Labute approximate surface area is 103 Å². The van der Waals surface area contributed by atoms with E-state index in [9.17, 15) is 8.42 Å². The van der Waals surface area contributed by atoms with E-state index < -0.39 is 15.6 Å². The molecule has 1 aliphatic carbocycles. The molecule has 0 fully saturated rings. The third kappa shape index (κ3) is 2.97. The second-order valence-corrected chi connectivity index (χ2v) is 7.55. The number of hydrogen-bond acceptors (Lipinski definition) is 3. The lowest BCUT2D eigenvalue weighted by Gasteiger charge is -2.23. The topological polar surface area (TPSA) is 63.4 Å². The molecule has 4 nitrogen and oxygen atoms in total. The normalized spacial score (nSPS) is 22.1. The van der Waals surface area contributed by atoms with Crippen LogP contribution in [0.2, 0.25) is 0 Å². The van der Waals surface area contributed by atoms with E-state index in [1.807, 2.05) is 0 Å². The van der Waals surface area contributed by atoms with Crippen molar-refractivity contribution in [1.82, 2.24) is 4.31 Å². The van der Waals surface area contributed by atoms with Crippen molar-refractivity contribution in [3.63, 3.8) is 0 Å². The fourth-order valence-corrected chi connectivity index (χ4v) is 4.13. The van der Waals surface area contributed by atoms with Crippen LogP contribution in [0.15, 0.2) is 23.3 Å². The minimum absolute atomic E-state index is 0.00424. The van der Waals surface area contributed by atoms with Crippen LogP contribution in [0.3, 0.4) is 0 Å². The van der Waals surface area contributed by atoms with Crippen LogP contribution in [0.25, 0.3) is 0 Å². The Hall–Kier alpha value is -0.650. The highest BCUT2D eigenvalue weighted by molar-refractivity contribution is 7.89. The molecule has 0 bridgehead atoms. The molecule has 0 spiro atoms. The molecule has 0 atom stereocenters. The summed E-state index contributed by atoms with van der Waals surface area (Å²) >= 11 is 0. The van der Waals surface area contributed by atoms with Crippen LogP contribution in [0, 0.1) is 0 Å². The molecule has 96 valence electrons. The van der Waals surface area contributed by atoms with E-state index in [0.29, 0.717) is 13.1 Å². The van der Waals surface area contributed by atoms with E-state index in [2.05, 4.69) is 12.2 Å². The first-order valence-corrected chi connectivity index (χ1v) is 7.53. The Balaban J connectivity index is 2.10. The highest BCUT2D eigenvalue weighted by atomic mass is 32.2. The molecule has 0 aromatic heterocycles. The van der Waals surface area contributed by atoms with Gasteiger partial charge in [0, 0.05) is 18.6 Å². The Bertz CT molecular complexity index is 469. The van der Waals surface area contributed by atoms with Gasteiger partial charge in [0.25, 0.3) is 0 Å². The number of allylic oxidation sites excluding steroid dienone is 1. The molecule has 0 aromatic carbocycles. The van der Waals surface area contributed by atoms with Gasteiger partial charge in [0.15, 0.2) is 0 Å². The molecule has 5 heteroatoms. The maximum absolute atomic E-state index is 12.2. The zero-order chi connectivity index (χ0) is 12.7. The molecule has 0 radical (unpaired) electrons. The maximum atomic E-state index is 12.2. The monoisotopic (exact) mass is 256 g/mol. The van der Waals surface area contributed by atoms with Crippen molar-refractivity contribution in [3.8, 4) is 0 Å². The molecular weight excluding hydrogens is 236 g/mol. The number of nitrogens with two attached hydrogens (primary N) is 1. The second-order valence-electron chi connectivity index (χ2n) is 5.58. The van der Waals surface area contributed by atoms with Crippen molar-refractivity contribution in [2.45, 2.75) is 32.2 Å². The lowest BCUT2D eigenvalue weighted by atomic mass is 10.0. The third-order valence-corrected chi connectivity index (χ3v) is 5.20. The first kappa shape index (κ1) is 12.8. The van der Waals surface area contributed by atoms with Crippen LogP contribution in [-0.4, -0.2) is 37.1 Å². The van der Waals surface area contributed by atoms with E-state index in [1.165, 1.54) is 11.1 Å². The zero-order valence-electron chi connectivity index (χ0n) is 10.4. The van der Waals surface area contributed by atoms with Crippen molar-refractivity contribution in [1.29, 1.82) is 0 Å². The highest BCUT2D eigenvalue weighted by Gasteiger charge is 2.33. The number of hydrogen-bond donors (Lipinski definition) is 1. The first-order valence-electron chi connectivity index (χ1n) is 5.92. The summed E-state index contributed by atoms with van der Waals surface area (Å²) in [7, 11) is -3.24. The molecule has 0 amide bonds. The summed E-state index contributed by atoms with van der Waals surface area (Å²) in [4.78, 5) is 0. The zero-order valence-corrected chi connectivity index (χ0v) is 11.3. The van der Waals surface area contributed by atoms with Gasteiger partial charge in [-0.15, -0.1) is 0 Å². The van der Waals surface area contributed by atoms with Crippen molar-refractivity contribution in [2.24, 2.45) is 5.73 Å². The number of rotatable bonds is 3. The molecule has 17 heavy (non-hydrogen) atoms. The molecule has 0 aromatic rings. The van der Waals surface area contributed by atoms with E-state index >= 15 is 0 Å². The van der Waals surface area contributed by atoms with Crippen LogP contribution in [0.5, 0.6) is 0 Å². The summed E-state index contributed by atoms with van der Waals surface area (Å²) in [5.41, 5.74) is 7.56. The summed E-state index contributed by atoms with van der Waals surface area (Å²) in [6, 6.07) is 0. The smallest absolute Gasteiger partial charge is 0.216 e. The predicted octanol–water partition coefficient (Wildman–Crippen LogP) is 1.02. The molecule has 0 saturated heterocycles. The Kier molecular flexibility index (Phi) is 3.18. The molecule has 0 saturated carbocycles. The van der Waals surface area contributed by atoms with Gasteiger partial charge in [-0.1, -0.05) is 17.7 Å². The van der Waals surface area contributed by atoms with Gasteiger partial charge in [-0.05, 0) is 32.3 Å². The Morgan fingerprint density at radius 3 is 2.71 bits per heavy atom. The quantitative estimate of drug-likeness (QED) is 0.820. The minimum atomic E-state index is -3.24. The molecule has 2 rings (SSSR count). The van der Waals surface area contributed by atoms with Gasteiger partial charge in [0.1, 0.15) is 0 Å². The first-order chi connectivity index (χ1) is 7.78. The maximum Gasteiger partial charge on any atom is 0.216 e. The summed E-state index contributed by atoms with van der Waals surface area (Å²) in [5.74, 6) is 0.00424. The average Bonchev–Trinajstić information content (AvgIpc) is 2.57. The fraction of sp³-hybridized carbons (Fsp3) is 0.667. The van der Waals surface area contributed by atoms with E-state index in [-0.39, 0.29) is 5.75 Å². The van der Waals surface area contributed by atoms with Crippen LogP contribution < -0.4 is 5.73 Å². The van der Waals surface area contributed by atoms with Crippen molar-refractivity contribution in [3.05, 3.63) is 23.3 Å². The van der Waals surface area contributed by atoms with Crippen LogP contribution >= 0.6 is 0 Å². The van der Waals surface area contributed by atoms with Gasteiger partial charge in [-0.25, -0.2) is 8.42 Å². The second kappa shape index (κ2) is 4.23. The summed E-state index contributed by atoms with van der Waals surface area (Å²) in [5, 5.41) is 0.